The van der Waals surface area contributed by atoms with E-state index in [-0.39, 0.29) is 11.9 Å². The molecule has 0 saturated carbocycles. The lowest BCUT2D eigenvalue weighted by Gasteiger charge is -2.28. The highest BCUT2D eigenvalue weighted by atomic mass is 19.1. The molecular formula is C15H14FNO. The fourth-order valence-corrected chi connectivity index (χ4v) is 2.19. The third kappa shape index (κ3) is 2.04. The summed E-state index contributed by atoms with van der Waals surface area (Å²) < 4.78 is 18.9. The van der Waals surface area contributed by atoms with Crippen LogP contribution in [0.3, 0.4) is 0 Å². The Balaban J connectivity index is 1.90. The monoisotopic (exact) mass is 243 g/mol. The summed E-state index contributed by atoms with van der Waals surface area (Å²) in [5.74, 6) is 0.637. The molecular weight excluding hydrogens is 229 g/mol. The van der Waals surface area contributed by atoms with Gasteiger partial charge in [-0.15, -0.1) is 0 Å². The zero-order valence-electron chi connectivity index (χ0n) is 10.1. The Kier molecular flexibility index (Phi) is 2.67. The molecule has 0 radical (unpaired) electrons. The molecule has 0 saturated heterocycles. The molecule has 1 aliphatic rings. The van der Waals surface area contributed by atoms with Gasteiger partial charge >= 0.3 is 0 Å². The lowest BCUT2D eigenvalue weighted by Crippen LogP contribution is -2.24. The van der Waals surface area contributed by atoms with Crippen LogP contribution in [0.25, 0.3) is 0 Å². The standard InChI is InChI=1S/C15H14FNO/c1-10-5-6-15-13(7-10)17-14(9-18-15)11-3-2-4-12(16)8-11/h2-8,14,17H,9H2,1H3/t14-/m1/s1. The average molecular weight is 243 g/mol. The zero-order chi connectivity index (χ0) is 12.5. The molecule has 0 spiro atoms. The smallest absolute Gasteiger partial charge is 0.142 e. The quantitative estimate of drug-likeness (QED) is 0.825. The fourth-order valence-electron chi connectivity index (χ4n) is 2.19. The molecule has 1 heterocycles. The molecule has 3 rings (SSSR count). The second-order valence-corrected chi connectivity index (χ2v) is 4.56. The highest BCUT2D eigenvalue weighted by Gasteiger charge is 2.20. The van der Waals surface area contributed by atoms with Crippen LogP contribution in [-0.4, -0.2) is 6.61 Å². The van der Waals surface area contributed by atoms with Crippen molar-refractivity contribution in [2.45, 2.75) is 13.0 Å². The molecule has 0 aliphatic carbocycles. The van der Waals surface area contributed by atoms with E-state index in [1.54, 1.807) is 12.1 Å². The van der Waals surface area contributed by atoms with Gasteiger partial charge < -0.3 is 10.1 Å². The SMILES string of the molecule is Cc1ccc2c(c1)N[C@@H](c1cccc(F)c1)CO2. The topological polar surface area (TPSA) is 21.3 Å². The van der Waals surface area contributed by atoms with Gasteiger partial charge in [0.2, 0.25) is 0 Å². The number of hydrogen-bond donors (Lipinski definition) is 1. The molecule has 18 heavy (non-hydrogen) atoms. The first-order valence-electron chi connectivity index (χ1n) is 5.98. The summed E-state index contributed by atoms with van der Waals surface area (Å²) in [6, 6.07) is 12.6. The van der Waals surface area contributed by atoms with Crippen molar-refractivity contribution in [3.05, 3.63) is 59.4 Å². The maximum Gasteiger partial charge on any atom is 0.142 e. The van der Waals surface area contributed by atoms with Crippen LogP contribution >= 0.6 is 0 Å². The number of ether oxygens (including phenoxy) is 1. The fraction of sp³-hybridized carbons (Fsp3) is 0.200. The van der Waals surface area contributed by atoms with Crippen LogP contribution in [0.1, 0.15) is 17.2 Å². The molecule has 92 valence electrons. The Morgan fingerprint density at radius 3 is 2.94 bits per heavy atom. The van der Waals surface area contributed by atoms with E-state index in [9.17, 15) is 4.39 Å². The third-order valence-corrected chi connectivity index (χ3v) is 3.12. The van der Waals surface area contributed by atoms with Crippen molar-refractivity contribution in [2.75, 3.05) is 11.9 Å². The Labute approximate surface area is 105 Å². The number of benzene rings is 2. The predicted octanol–water partition coefficient (Wildman–Crippen LogP) is 3.68. The first kappa shape index (κ1) is 11.1. The number of fused-ring (bicyclic) bond motifs is 1. The summed E-state index contributed by atoms with van der Waals surface area (Å²) in [4.78, 5) is 0. The molecule has 2 aromatic carbocycles. The highest BCUT2D eigenvalue weighted by Crippen LogP contribution is 2.34. The van der Waals surface area contributed by atoms with Crippen molar-refractivity contribution in [1.82, 2.24) is 0 Å². The van der Waals surface area contributed by atoms with Crippen molar-refractivity contribution in [3.8, 4) is 5.75 Å². The Morgan fingerprint density at radius 2 is 2.11 bits per heavy atom. The van der Waals surface area contributed by atoms with E-state index >= 15 is 0 Å². The van der Waals surface area contributed by atoms with Gasteiger partial charge in [0.1, 0.15) is 18.2 Å². The van der Waals surface area contributed by atoms with Gasteiger partial charge in [-0.1, -0.05) is 18.2 Å². The summed E-state index contributed by atoms with van der Waals surface area (Å²) in [5.41, 5.74) is 3.04. The number of halogens is 1. The second-order valence-electron chi connectivity index (χ2n) is 4.56. The summed E-state index contributed by atoms with van der Waals surface area (Å²) in [7, 11) is 0. The molecule has 3 heteroatoms. The number of rotatable bonds is 1. The predicted molar refractivity (Wildman–Crippen MR) is 69.4 cm³/mol. The largest absolute Gasteiger partial charge is 0.489 e. The van der Waals surface area contributed by atoms with E-state index in [0.29, 0.717) is 6.61 Å². The van der Waals surface area contributed by atoms with Crippen LogP contribution in [-0.2, 0) is 0 Å². The normalized spacial score (nSPS) is 17.6. The molecule has 2 nitrogen and oxygen atoms in total. The van der Waals surface area contributed by atoms with E-state index in [2.05, 4.69) is 5.32 Å². The molecule has 0 aromatic heterocycles. The van der Waals surface area contributed by atoms with Gasteiger partial charge in [-0.2, -0.15) is 0 Å². The molecule has 1 atom stereocenters. The minimum absolute atomic E-state index is 0.00463. The molecule has 0 amide bonds. The molecule has 0 unspecified atom stereocenters. The lowest BCUT2D eigenvalue weighted by molar-refractivity contribution is 0.286. The maximum atomic E-state index is 13.2. The third-order valence-electron chi connectivity index (χ3n) is 3.12. The van der Waals surface area contributed by atoms with Crippen LogP contribution in [0.15, 0.2) is 42.5 Å². The van der Waals surface area contributed by atoms with E-state index < -0.39 is 0 Å². The minimum atomic E-state index is -0.218. The minimum Gasteiger partial charge on any atom is -0.489 e. The van der Waals surface area contributed by atoms with Crippen LogP contribution < -0.4 is 10.1 Å². The van der Waals surface area contributed by atoms with Gasteiger partial charge in [-0.3, -0.25) is 0 Å². The van der Waals surface area contributed by atoms with Crippen LogP contribution in [0.5, 0.6) is 5.75 Å². The Bertz CT molecular complexity index is 582. The van der Waals surface area contributed by atoms with Gasteiger partial charge in [-0.05, 0) is 42.3 Å². The van der Waals surface area contributed by atoms with E-state index in [1.807, 2.05) is 31.2 Å². The maximum absolute atomic E-state index is 13.2. The van der Waals surface area contributed by atoms with Crippen LogP contribution in [0.4, 0.5) is 10.1 Å². The zero-order valence-corrected chi connectivity index (χ0v) is 10.1. The molecule has 0 bridgehead atoms. The first-order valence-corrected chi connectivity index (χ1v) is 5.98. The van der Waals surface area contributed by atoms with E-state index in [1.165, 1.54) is 11.6 Å². The van der Waals surface area contributed by atoms with E-state index in [4.69, 9.17) is 4.74 Å². The number of aryl methyl sites for hydroxylation is 1. The van der Waals surface area contributed by atoms with Gasteiger partial charge in [-0.25, -0.2) is 4.39 Å². The molecule has 1 N–H and O–H groups in total. The van der Waals surface area contributed by atoms with Crippen molar-refractivity contribution in [3.63, 3.8) is 0 Å². The number of nitrogens with one attached hydrogen (secondary N) is 1. The van der Waals surface area contributed by atoms with Gasteiger partial charge in [0.05, 0.1) is 11.7 Å². The number of hydrogen-bond acceptors (Lipinski definition) is 2. The first-order chi connectivity index (χ1) is 8.72. The van der Waals surface area contributed by atoms with E-state index in [0.717, 1.165) is 17.0 Å². The molecule has 0 fully saturated rings. The van der Waals surface area contributed by atoms with Crippen LogP contribution in [0.2, 0.25) is 0 Å². The van der Waals surface area contributed by atoms with Crippen molar-refractivity contribution in [2.24, 2.45) is 0 Å². The van der Waals surface area contributed by atoms with Crippen molar-refractivity contribution < 1.29 is 9.13 Å². The second kappa shape index (κ2) is 4.33. The summed E-state index contributed by atoms with van der Waals surface area (Å²) in [6.07, 6.45) is 0. The van der Waals surface area contributed by atoms with Gasteiger partial charge in [0.15, 0.2) is 0 Å². The van der Waals surface area contributed by atoms with Gasteiger partial charge in [0, 0.05) is 0 Å². The van der Waals surface area contributed by atoms with Crippen molar-refractivity contribution >= 4 is 5.69 Å². The highest BCUT2D eigenvalue weighted by molar-refractivity contribution is 5.60. The molecule has 2 aromatic rings. The summed E-state index contributed by atoms with van der Waals surface area (Å²) >= 11 is 0. The average Bonchev–Trinajstić information content (AvgIpc) is 2.38. The van der Waals surface area contributed by atoms with Crippen molar-refractivity contribution in [1.29, 1.82) is 0 Å². The number of anilines is 1. The summed E-state index contributed by atoms with van der Waals surface area (Å²) in [6.45, 7) is 2.55. The lowest BCUT2D eigenvalue weighted by atomic mass is 10.0. The Hall–Kier alpha value is -2.03. The summed E-state index contributed by atoms with van der Waals surface area (Å²) in [5, 5.41) is 3.39. The van der Waals surface area contributed by atoms with Gasteiger partial charge in [0.25, 0.3) is 0 Å². The molecule has 1 aliphatic heterocycles. The van der Waals surface area contributed by atoms with Crippen LogP contribution in [0, 0.1) is 12.7 Å². The Morgan fingerprint density at radius 1 is 1.22 bits per heavy atom.